The van der Waals surface area contributed by atoms with Gasteiger partial charge in [-0.3, -0.25) is 19.7 Å². The molecule has 1 aliphatic rings. The Kier molecular flexibility index (Phi) is 7.20. The van der Waals surface area contributed by atoms with Crippen LogP contribution in [0.5, 0.6) is 0 Å². The number of amides is 2. The minimum Gasteiger partial charge on any atom is -0.378 e. The maximum atomic E-state index is 12.1. The summed E-state index contributed by atoms with van der Waals surface area (Å²) in [6.45, 7) is 3.26. The summed E-state index contributed by atoms with van der Waals surface area (Å²) in [6.07, 6.45) is 1.71. The number of thioether (sulfide) groups is 1. The van der Waals surface area contributed by atoms with Crippen LogP contribution in [0.1, 0.15) is 15.9 Å². The highest BCUT2D eigenvalue weighted by Crippen LogP contribution is 2.30. The Morgan fingerprint density at radius 3 is 2.67 bits per heavy atom. The number of nitrogens with one attached hydrogen (secondary N) is 1. The highest BCUT2D eigenvalue weighted by atomic mass is 32.2. The standard InChI is InChI=1S/C19H21N5O5S/c20-19(26)14-2-3-16(15(9-14)24(27)28)30-12-18(25)22-11-13-1-4-17(21-10-13)23-5-7-29-8-6-23/h1-4,9-10H,5-8,11-12H2,(H2,20,26)(H,22,25). The normalized spacial score (nSPS) is 13.7. The molecule has 1 fully saturated rings. The first-order chi connectivity index (χ1) is 14.4. The van der Waals surface area contributed by atoms with E-state index in [9.17, 15) is 19.7 Å². The number of anilines is 1. The number of nitrogens with two attached hydrogens (primary N) is 1. The van der Waals surface area contributed by atoms with E-state index in [0.717, 1.165) is 42.3 Å². The highest BCUT2D eigenvalue weighted by molar-refractivity contribution is 8.00. The second-order valence-corrected chi connectivity index (χ2v) is 7.51. The van der Waals surface area contributed by atoms with E-state index in [-0.39, 0.29) is 27.8 Å². The van der Waals surface area contributed by atoms with E-state index in [0.29, 0.717) is 19.8 Å². The van der Waals surface area contributed by atoms with Crippen molar-refractivity contribution in [2.24, 2.45) is 5.73 Å². The molecule has 0 saturated carbocycles. The third-order valence-electron chi connectivity index (χ3n) is 4.43. The maximum absolute atomic E-state index is 12.1. The van der Waals surface area contributed by atoms with Crippen LogP contribution in [0.15, 0.2) is 41.4 Å². The van der Waals surface area contributed by atoms with Gasteiger partial charge >= 0.3 is 0 Å². The fraction of sp³-hybridized carbons (Fsp3) is 0.316. The van der Waals surface area contributed by atoms with Gasteiger partial charge in [0.2, 0.25) is 11.8 Å². The van der Waals surface area contributed by atoms with Crippen molar-refractivity contribution >= 4 is 35.1 Å². The fourth-order valence-corrected chi connectivity index (χ4v) is 3.67. The SMILES string of the molecule is NC(=O)c1ccc(SCC(=O)NCc2ccc(N3CCOCC3)nc2)c([N+](=O)[O-])c1. The first kappa shape index (κ1) is 21.5. The van der Waals surface area contributed by atoms with Gasteiger partial charge in [-0.25, -0.2) is 4.98 Å². The average Bonchev–Trinajstić information content (AvgIpc) is 2.77. The zero-order valence-corrected chi connectivity index (χ0v) is 16.9. The molecule has 3 rings (SSSR count). The molecule has 0 unspecified atom stereocenters. The van der Waals surface area contributed by atoms with Crippen molar-refractivity contribution < 1.29 is 19.2 Å². The first-order valence-corrected chi connectivity index (χ1v) is 10.2. The summed E-state index contributed by atoms with van der Waals surface area (Å²) >= 11 is 1.02. The van der Waals surface area contributed by atoms with Crippen LogP contribution in [0.4, 0.5) is 11.5 Å². The molecular formula is C19H21N5O5S. The van der Waals surface area contributed by atoms with E-state index in [1.54, 1.807) is 6.20 Å². The molecule has 1 aromatic carbocycles. The number of carbonyl (C=O) groups is 2. The van der Waals surface area contributed by atoms with Crippen LogP contribution in [0.3, 0.4) is 0 Å². The number of hydrogen-bond donors (Lipinski definition) is 2. The number of primary amides is 1. The van der Waals surface area contributed by atoms with Crippen molar-refractivity contribution in [3.05, 3.63) is 57.8 Å². The molecule has 0 aliphatic carbocycles. The van der Waals surface area contributed by atoms with Gasteiger partial charge in [0.25, 0.3) is 5.69 Å². The number of nitro benzene ring substituents is 1. The van der Waals surface area contributed by atoms with Crippen molar-refractivity contribution in [3.63, 3.8) is 0 Å². The van der Waals surface area contributed by atoms with Gasteiger partial charge in [-0.2, -0.15) is 0 Å². The number of morpholine rings is 1. The van der Waals surface area contributed by atoms with Gasteiger partial charge in [-0.1, -0.05) is 6.07 Å². The fourth-order valence-electron chi connectivity index (χ4n) is 2.83. The first-order valence-electron chi connectivity index (χ1n) is 9.19. The molecule has 30 heavy (non-hydrogen) atoms. The van der Waals surface area contributed by atoms with Crippen LogP contribution >= 0.6 is 11.8 Å². The zero-order valence-electron chi connectivity index (χ0n) is 16.1. The molecule has 1 aromatic heterocycles. The van der Waals surface area contributed by atoms with Crippen molar-refractivity contribution in [1.82, 2.24) is 10.3 Å². The van der Waals surface area contributed by atoms with Gasteiger partial charge in [0.05, 0.1) is 28.8 Å². The molecule has 1 saturated heterocycles. The van der Waals surface area contributed by atoms with Crippen molar-refractivity contribution in [2.45, 2.75) is 11.4 Å². The molecular weight excluding hydrogens is 410 g/mol. The number of pyridine rings is 1. The molecule has 2 heterocycles. The predicted octanol–water partition coefficient (Wildman–Crippen LogP) is 1.33. The number of nitro groups is 1. The highest BCUT2D eigenvalue weighted by Gasteiger charge is 2.18. The van der Waals surface area contributed by atoms with E-state index >= 15 is 0 Å². The summed E-state index contributed by atoms with van der Waals surface area (Å²) < 4.78 is 5.32. The summed E-state index contributed by atoms with van der Waals surface area (Å²) in [7, 11) is 0. The summed E-state index contributed by atoms with van der Waals surface area (Å²) in [5.41, 5.74) is 5.79. The molecule has 3 N–H and O–H groups in total. The Labute approximate surface area is 176 Å². The van der Waals surface area contributed by atoms with Crippen molar-refractivity contribution in [2.75, 3.05) is 37.0 Å². The maximum Gasteiger partial charge on any atom is 0.283 e. The zero-order chi connectivity index (χ0) is 21.5. The van der Waals surface area contributed by atoms with Crippen LogP contribution in [0.2, 0.25) is 0 Å². The van der Waals surface area contributed by atoms with E-state index in [4.69, 9.17) is 10.5 Å². The molecule has 158 valence electrons. The Hall–Kier alpha value is -3.18. The van der Waals surface area contributed by atoms with Crippen LogP contribution < -0.4 is 16.0 Å². The second kappa shape index (κ2) is 10.0. The largest absolute Gasteiger partial charge is 0.378 e. The van der Waals surface area contributed by atoms with Crippen molar-refractivity contribution in [3.8, 4) is 0 Å². The number of hydrogen-bond acceptors (Lipinski definition) is 8. The third kappa shape index (κ3) is 5.67. The molecule has 10 nitrogen and oxygen atoms in total. The quantitative estimate of drug-likeness (QED) is 0.362. The number of nitrogens with zero attached hydrogens (tertiary/aromatic N) is 3. The van der Waals surface area contributed by atoms with Crippen LogP contribution in [0.25, 0.3) is 0 Å². The number of ether oxygens (including phenoxy) is 1. The Balaban J connectivity index is 1.51. The molecule has 1 aliphatic heterocycles. The lowest BCUT2D eigenvalue weighted by molar-refractivity contribution is -0.387. The molecule has 0 radical (unpaired) electrons. The second-order valence-electron chi connectivity index (χ2n) is 6.49. The lowest BCUT2D eigenvalue weighted by atomic mass is 10.2. The molecule has 2 amide bonds. The van der Waals surface area contributed by atoms with Crippen LogP contribution in [-0.2, 0) is 16.1 Å². The lowest BCUT2D eigenvalue weighted by Gasteiger charge is -2.27. The van der Waals surface area contributed by atoms with E-state index < -0.39 is 10.8 Å². The van der Waals surface area contributed by atoms with Crippen LogP contribution in [-0.4, -0.2) is 53.8 Å². The lowest BCUT2D eigenvalue weighted by Crippen LogP contribution is -2.36. The van der Waals surface area contributed by atoms with Gasteiger partial charge in [0.1, 0.15) is 5.82 Å². The smallest absolute Gasteiger partial charge is 0.283 e. The topological polar surface area (TPSA) is 141 Å². The molecule has 0 spiro atoms. The predicted molar refractivity (Wildman–Crippen MR) is 111 cm³/mol. The average molecular weight is 431 g/mol. The number of rotatable bonds is 8. The number of aromatic nitrogens is 1. The van der Waals surface area contributed by atoms with Gasteiger partial charge < -0.3 is 20.7 Å². The third-order valence-corrected chi connectivity index (χ3v) is 5.50. The van der Waals surface area contributed by atoms with Crippen molar-refractivity contribution in [1.29, 1.82) is 0 Å². The molecule has 2 aromatic rings. The Bertz CT molecular complexity index is 931. The summed E-state index contributed by atoms with van der Waals surface area (Å²) in [5.74, 6) is -0.155. The number of benzene rings is 1. The summed E-state index contributed by atoms with van der Waals surface area (Å²) in [6, 6.07) is 7.75. The van der Waals surface area contributed by atoms with E-state index in [2.05, 4.69) is 15.2 Å². The number of carbonyl (C=O) groups excluding carboxylic acids is 2. The summed E-state index contributed by atoms with van der Waals surface area (Å²) in [5, 5.41) is 14.0. The van der Waals surface area contributed by atoms with Gasteiger partial charge in [-0.05, 0) is 23.8 Å². The van der Waals surface area contributed by atoms with E-state index in [1.165, 1.54) is 12.1 Å². The van der Waals surface area contributed by atoms with Crippen LogP contribution in [0, 0.1) is 10.1 Å². The minimum atomic E-state index is -0.749. The van der Waals surface area contributed by atoms with E-state index in [1.807, 2.05) is 12.1 Å². The Morgan fingerprint density at radius 2 is 2.03 bits per heavy atom. The van der Waals surface area contributed by atoms with Gasteiger partial charge in [0, 0.05) is 37.5 Å². The van der Waals surface area contributed by atoms with Gasteiger partial charge in [0.15, 0.2) is 0 Å². The summed E-state index contributed by atoms with van der Waals surface area (Å²) in [4.78, 5) is 40.8. The molecule has 0 bridgehead atoms. The monoisotopic (exact) mass is 431 g/mol. The van der Waals surface area contributed by atoms with Gasteiger partial charge in [-0.15, -0.1) is 11.8 Å². The Morgan fingerprint density at radius 1 is 1.27 bits per heavy atom. The molecule has 11 heteroatoms. The minimum absolute atomic E-state index is 0.00392. The molecule has 0 atom stereocenters.